The van der Waals surface area contributed by atoms with Gasteiger partial charge in [0.25, 0.3) is 0 Å². The molecule has 1 aliphatic heterocycles. The highest BCUT2D eigenvalue weighted by atomic mass is 32.2. The molecule has 0 amide bonds. The van der Waals surface area contributed by atoms with Crippen molar-refractivity contribution in [3.63, 3.8) is 0 Å². The number of fused-ring (bicyclic) bond motifs is 1. The molecule has 0 saturated heterocycles. The number of carbonyl (C=O) groups excluding carboxylic acids is 1. The minimum atomic E-state index is -3.85. The van der Waals surface area contributed by atoms with Crippen LogP contribution in [0.4, 0.5) is 5.69 Å². The molecule has 0 radical (unpaired) electrons. The number of nitrogens with one attached hydrogen (secondary N) is 1. The zero-order chi connectivity index (χ0) is 18.7. The zero-order valence-electron chi connectivity index (χ0n) is 14.5. The average Bonchev–Trinajstić information content (AvgIpc) is 2.77. The number of benzene rings is 2. The molecule has 0 spiro atoms. The molecule has 0 bridgehead atoms. The molecule has 7 nitrogen and oxygen atoms in total. The number of methoxy groups -OCH3 is 1. The van der Waals surface area contributed by atoms with E-state index in [1.54, 1.807) is 12.1 Å². The van der Waals surface area contributed by atoms with Crippen LogP contribution in [0.5, 0.6) is 11.5 Å². The summed E-state index contributed by atoms with van der Waals surface area (Å²) in [5, 5.41) is 3.10. The van der Waals surface area contributed by atoms with E-state index < -0.39 is 22.0 Å². The molecule has 8 heteroatoms. The van der Waals surface area contributed by atoms with Gasteiger partial charge in [0.2, 0.25) is 10.0 Å². The van der Waals surface area contributed by atoms with Crippen LogP contribution in [0.2, 0.25) is 0 Å². The number of esters is 1. The summed E-state index contributed by atoms with van der Waals surface area (Å²) in [6.07, 6.45) is 0. The maximum atomic E-state index is 13.0. The number of anilines is 1. The highest BCUT2D eigenvalue weighted by Gasteiger charge is 2.36. The van der Waals surface area contributed by atoms with Gasteiger partial charge in [-0.2, -0.15) is 4.31 Å². The second-order valence-electron chi connectivity index (χ2n) is 5.81. The summed E-state index contributed by atoms with van der Waals surface area (Å²) < 4.78 is 37.6. The van der Waals surface area contributed by atoms with Crippen molar-refractivity contribution < 1.29 is 22.7 Å². The standard InChI is InChI=1S/C18H20N2O5S/c1-13(18(21)24-2)20-11-10-19-16-12-15(8-9-17(16)26(20,22)23)25-14-6-4-3-5-7-14/h3-9,12-13,19H,10-11H2,1-2H3/t13-/m1/s1. The van der Waals surface area contributed by atoms with Crippen LogP contribution in [0, 0.1) is 0 Å². The average molecular weight is 376 g/mol. The van der Waals surface area contributed by atoms with Gasteiger partial charge < -0.3 is 14.8 Å². The number of rotatable bonds is 4. The Bertz CT molecular complexity index is 899. The van der Waals surface area contributed by atoms with Gasteiger partial charge in [-0.15, -0.1) is 0 Å². The quantitative estimate of drug-likeness (QED) is 0.825. The fourth-order valence-corrected chi connectivity index (χ4v) is 4.53. The van der Waals surface area contributed by atoms with E-state index in [-0.39, 0.29) is 11.4 Å². The number of para-hydroxylation sites is 1. The Morgan fingerprint density at radius 1 is 1.15 bits per heavy atom. The first-order valence-electron chi connectivity index (χ1n) is 8.14. The molecule has 1 heterocycles. The van der Waals surface area contributed by atoms with Crippen molar-refractivity contribution in [2.45, 2.75) is 17.9 Å². The number of carbonyl (C=O) groups is 1. The Kier molecular flexibility index (Phi) is 5.15. The van der Waals surface area contributed by atoms with Crippen molar-refractivity contribution in [2.75, 3.05) is 25.5 Å². The summed E-state index contributed by atoms with van der Waals surface area (Å²) in [6.45, 7) is 2.03. The van der Waals surface area contributed by atoms with Crippen LogP contribution < -0.4 is 10.1 Å². The Morgan fingerprint density at radius 3 is 2.58 bits per heavy atom. The molecule has 0 saturated carbocycles. The van der Waals surface area contributed by atoms with Crippen molar-refractivity contribution in [3.05, 3.63) is 48.5 Å². The van der Waals surface area contributed by atoms with Crippen LogP contribution in [0.15, 0.2) is 53.4 Å². The highest BCUT2D eigenvalue weighted by molar-refractivity contribution is 7.89. The molecule has 2 aromatic rings. The summed E-state index contributed by atoms with van der Waals surface area (Å²) in [5.74, 6) is 0.582. The Balaban J connectivity index is 1.93. The number of sulfonamides is 1. The minimum absolute atomic E-state index is 0.103. The lowest BCUT2D eigenvalue weighted by Gasteiger charge is -2.24. The first-order valence-corrected chi connectivity index (χ1v) is 9.58. The van der Waals surface area contributed by atoms with E-state index in [9.17, 15) is 13.2 Å². The van der Waals surface area contributed by atoms with Gasteiger partial charge in [0.1, 0.15) is 22.4 Å². The third-order valence-corrected chi connectivity index (χ3v) is 6.17. The molecule has 0 unspecified atom stereocenters. The van der Waals surface area contributed by atoms with E-state index in [0.29, 0.717) is 23.7 Å². The van der Waals surface area contributed by atoms with E-state index in [4.69, 9.17) is 4.74 Å². The Labute approximate surface area is 152 Å². The lowest BCUT2D eigenvalue weighted by molar-refractivity contribution is -0.144. The van der Waals surface area contributed by atoms with E-state index in [2.05, 4.69) is 10.1 Å². The van der Waals surface area contributed by atoms with Gasteiger partial charge in [0.05, 0.1) is 12.8 Å². The van der Waals surface area contributed by atoms with E-state index in [1.807, 2.05) is 30.3 Å². The first-order chi connectivity index (χ1) is 12.4. The van der Waals surface area contributed by atoms with Crippen LogP contribution in [-0.2, 0) is 19.6 Å². The Morgan fingerprint density at radius 2 is 1.88 bits per heavy atom. The molecule has 1 N–H and O–H groups in total. The highest BCUT2D eigenvalue weighted by Crippen LogP contribution is 2.33. The maximum absolute atomic E-state index is 13.0. The topological polar surface area (TPSA) is 84.9 Å². The number of nitrogens with zero attached hydrogens (tertiary/aromatic N) is 1. The molecule has 2 aromatic carbocycles. The van der Waals surface area contributed by atoms with Crippen molar-refractivity contribution in [2.24, 2.45) is 0 Å². The van der Waals surface area contributed by atoms with Crippen LogP contribution >= 0.6 is 0 Å². The van der Waals surface area contributed by atoms with E-state index in [1.165, 1.54) is 20.1 Å². The third-order valence-electron chi connectivity index (χ3n) is 4.14. The van der Waals surface area contributed by atoms with Crippen LogP contribution in [0.25, 0.3) is 0 Å². The van der Waals surface area contributed by atoms with Crippen LogP contribution in [0.1, 0.15) is 6.92 Å². The van der Waals surface area contributed by atoms with Gasteiger partial charge in [-0.1, -0.05) is 18.2 Å². The number of hydrogen-bond donors (Lipinski definition) is 1. The fourth-order valence-electron chi connectivity index (χ4n) is 2.80. The number of hydrogen-bond acceptors (Lipinski definition) is 6. The molecular weight excluding hydrogens is 356 g/mol. The van der Waals surface area contributed by atoms with Gasteiger partial charge in [-0.05, 0) is 31.2 Å². The predicted molar refractivity (Wildman–Crippen MR) is 96.8 cm³/mol. The van der Waals surface area contributed by atoms with Gasteiger partial charge in [-0.3, -0.25) is 4.79 Å². The van der Waals surface area contributed by atoms with Gasteiger partial charge in [0, 0.05) is 19.2 Å². The van der Waals surface area contributed by atoms with Crippen molar-refractivity contribution in [1.82, 2.24) is 4.31 Å². The normalized spacial score (nSPS) is 17.3. The molecule has 3 rings (SSSR count). The van der Waals surface area contributed by atoms with Gasteiger partial charge in [-0.25, -0.2) is 8.42 Å². The zero-order valence-corrected chi connectivity index (χ0v) is 15.3. The molecule has 26 heavy (non-hydrogen) atoms. The number of ether oxygens (including phenoxy) is 2. The van der Waals surface area contributed by atoms with E-state index in [0.717, 1.165) is 4.31 Å². The van der Waals surface area contributed by atoms with Gasteiger partial charge in [0.15, 0.2) is 0 Å². The predicted octanol–water partition coefficient (Wildman–Crippen LogP) is 2.46. The van der Waals surface area contributed by atoms with E-state index >= 15 is 0 Å². The molecule has 1 aliphatic rings. The lowest BCUT2D eigenvalue weighted by Crippen LogP contribution is -2.44. The molecular formula is C18H20N2O5S. The van der Waals surface area contributed by atoms with Gasteiger partial charge >= 0.3 is 5.97 Å². The SMILES string of the molecule is COC(=O)[C@@H](C)N1CCNc2cc(Oc3ccccc3)ccc2S1(=O)=O. The van der Waals surface area contributed by atoms with Crippen molar-refractivity contribution >= 4 is 21.7 Å². The molecule has 0 aromatic heterocycles. The minimum Gasteiger partial charge on any atom is -0.468 e. The molecule has 0 aliphatic carbocycles. The lowest BCUT2D eigenvalue weighted by atomic mass is 10.3. The van der Waals surface area contributed by atoms with Crippen molar-refractivity contribution in [1.29, 1.82) is 0 Å². The monoisotopic (exact) mass is 376 g/mol. The molecule has 138 valence electrons. The summed E-state index contributed by atoms with van der Waals surface area (Å²) in [4.78, 5) is 11.9. The second kappa shape index (κ2) is 7.35. The summed E-state index contributed by atoms with van der Waals surface area (Å²) >= 11 is 0. The molecule has 1 atom stereocenters. The first kappa shape index (κ1) is 18.2. The summed E-state index contributed by atoms with van der Waals surface area (Å²) in [6, 6.07) is 13.0. The summed E-state index contributed by atoms with van der Waals surface area (Å²) in [7, 11) is -2.61. The molecule has 0 fully saturated rings. The fraction of sp³-hybridized carbons (Fsp3) is 0.278. The van der Waals surface area contributed by atoms with Crippen LogP contribution in [0.3, 0.4) is 0 Å². The maximum Gasteiger partial charge on any atom is 0.323 e. The van der Waals surface area contributed by atoms with Crippen LogP contribution in [-0.4, -0.2) is 44.9 Å². The summed E-state index contributed by atoms with van der Waals surface area (Å²) in [5.41, 5.74) is 0.443. The third kappa shape index (κ3) is 3.51. The van der Waals surface area contributed by atoms with Crippen molar-refractivity contribution in [3.8, 4) is 11.5 Å². The second-order valence-corrected chi connectivity index (χ2v) is 7.67. The Hall–Kier alpha value is -2.58. The smallest absolute Gasteiger partial charge is 0.323 e. The largest absolute Gasteiger partial charge is 0.468 e.